The second-order valence-electron chi connectivity index (χ2n) is 4.55. The van der Waals surface area contributed by atoms with Gasteiger partial charge >= 0.3 is 0 Å². The van der Waals surface area contributed by atoms with Gasteiger partial charge in [-0.05, 0) is 42.5 Å². The Bertz CT molecular complexity index is 427. The largest absolute Gasteiger partial charge is 0.497 e. The zero-order chi connectivity index (χ0) is 14.3. The van der Waals surface area contributed by atoms with Crippen LogP contribution in [0.2, 0.25) is 0 Å². The van der Waals surface area contributed by atoms with Crippen molar-refractivity contribution >= 4 is 0 Å². The zero-order valence-corrected chi connectivity index (χ0v) is 12.7. The van der Waals surface area contributed by atoms with Crippen LogP contribution in [0, 0.1) is 6.92 Å². The first-order valence-corrected chi connectivity index (χ1v) is 7.01. The lowest BCUT2D eigenvalue weighted by Crippen LogP contribution is -2.15. The van der Waals surface area contributed by atoms with Crippen LogP contribution >= 0.6 is 0 Å². The minimum atomic E-state index is 0.513. The molecule has 1 aliphatic rings. The molecule has 2 rings (SSSR count). The SMILES string of the molecule is CC.COc1ccc(C(C)CC2=CNCN2)c(C)c1. The summed E-state index contributed by atoms with van der Waals surface area (Å²) in [6.07, 6.45) is 3.11. The van der Waals surface area contributed by atoms with E-state index in [0.717, 1.165) is 18.8 Å². The first kappa shape index (κ1) is 15.4. The van der Waals surface area contributed by atoms with Gasteiger partial charge in [-0.25, -0.2) is 0 Å². The van der Waals surface area contributed by atoms with E-state index < -0.39 is 0 Å². The molecule has 3 nitrogen and oxygen atoms in total. The summed E-state index contributed by atoms with van der Waals surface area (Å²) in [5.41, 5.74) is 3.97. The third kappa shape index (κ3) is 4.19. The van der Waals surface area contributed by atoms with Crippen molar-refractivity contribution < 1.29 is 4.74 Å². The van der Waals surface area contributed by atoms with Crippen LogP contribution in [0.25, 0.3) is 0 Å². The molecule has 0 bridgehead atoms. The monoisotopic (exact) mass is 262 g/mol. The van der Waals surface area contributed by atoms with E-state index in [2.05, 4.69) is 42.8 Å². The number of aryl methyl sites for hydroxylation is 1. The van der Waals surface area contributed by atoms with Crippen LogP contribution in [0.15, 0.2) is 30.1 Å². The van der Waals surface area contributed by atoms with E-state index in [1.807, 2.05) is 19.9 Å². The van der Waals surface area contributed by atoms with Crippen LogP contribution in [0.5, 0.6) is 5.75 Å². The number of methoxy groups -OCH3 is 1. The van der Waals surface area contributed by atoms with E-state index in [1.54, 1.807) is 7.11 Å². The Kier molecular flexibility index (Phi) is 6.26. The standard InChI is InChI=1S/C14H20N2O.C2H6/c1-10(6-12-8-15-9-16-12)14-5-4-13(17-3)7-11(14)2;1-2/h4-5,7-8,10,15-16H,6,9H2,1-3H3;1-2H3. The molecule has 1 unspecified atom stereocenters. The summed E-state index contributed by atoms with van der Waals surface area (Å²) in [7, 11) is 1.71. The van der Waals surface area contributed by atoms with Crippen molar-refractivity contribution in [1.29, 1.82) is 0 Å². The Hall–Kier alpha value is -1.64. The molecule has 1 aromatic carbocycles. The van der Waals surface area contributed by atoms with Gasteiger partial charge in [0.25, 0.3) is 0 Å². The number of hydrogen-bond acceptors (Lipinski definition) is 3. The summed E-state index contributed by atoms with van der Waals surface area (Å²) in [5.74, 6) is 1.44. The zero-order valence-electron chi connectivity index (χ0n) is 12.7. The summed E-state index contributed by atoms with van der Waals surface area (Å²) in [6, 6.07) is 6.30. The highest BCUT2D eigenvalue weighted by atomic mass is 16.5. The maximum absolute atomic E-state index is 5.23. The molecule has 2 N–H and O–H groups in total. The van der Waals surface area contributed by atoms with Gasteiger partial charge in [-0.3, -0.25) is 0 Å². The van der Waals surface area contributed by atoms with Crippen LogP contribution in [0.3, 0.4) is 0 Å². The Balaban J connectivity index is 0.000000861. The summed E-state index contributed by atoms with van der Waals surface area (Å²) in [4.78, 5) is 0. The fourth-order valence-electron chi connectivity index (χ4n) is 2.29. The van der Waals surface area contributed by atoms with Crippen molar-refractivity contribution in [2.24, 2.45) is 0 Å². The van der Waals surface area contributed by atoms with Crippen LogP contribution in [-0.2, 0) is 0 Å². The van der Waals surface area contributed by atoms with Gasteiger partial charge in [-0.15, -0.1) is 0 Å². The topological polar surface area (TPSA) is 33.3 Å². The molecular weight excluding hydrogens is 236 g/mol. The molecule has 0 radical (unpaired) electrons. The lowest BCUT2D eigenvalue weighted by Gasteiger charge is -2.16. The molecular formula is C16H26N2O. The van der Waals surface area contributed by atoms with Gasteiger partial charge in [-0.1, -0.05) is 26.8 Å². The predicted molar refractivity (Wildman–Crippen MR) is 81.3 cm³/mol. The molecule has 0 aliphatic carbocycles. The Morgan fingerprint density at radius 1 is 1.32 bits per heavy atom. The Morgan fingerprint density at radius 2 is 2.05 bits per heavy atom. The summed E-state index contributed by atoms with van der Waals surface area (Å²) in [5, 5.41) is 6.49. The Labute approximate surface area is 117 Å². The van der Waals surface area contributed by atoms with Gasteiger partial charge in [0.2, 0.25) is 0 Å². The summed E-state index contributed by atoms with van der Waals surface area (Å²) >= 11 is 0. The number of ether oxygens (including phenoxy) is 1. The van der Waals surface area contributed by atoms with Gasteiger partial charge in [0.1, 0.15) is 5.75 Å². The molecule has 1 aliphatic heterocycles. The average Bonchev–Trinajstić information content (AvgIpc) is 2.93. The fourth-order valence-corrected chi connectivity index (χ4v) is 2.29. The number of benzene rings is 1. The van der Waals surface area contributed by atoms with E-state index >= 15 is 0 Å². The highest BCUT2D eigenvalue weighted by Gasteiger charge is 2.13. The van der Waals surface area contributed by atoms with Crippen molar-refractivity contribution in [2.75, 3.05) is 13.8 Å². The average molecular weight is 262 g/mol. The van der Waals surface area contributed by atoms with Crippen molar-refractivity contribution in [3.05, 3.63) is 41.2 Å². The second kappa shape index (κ2) is 7.72. The van der Waals surface area contributed by atoms with Gasteiger partial charge in [0, 0.05) is 11.9 Å². The normalized spacial score (nSPS) is 14.5. The molecule has 19 heavy (non-hydrogen) atoms. The van der Waals surface area contributed by atoms with Gasteiger partial charge < -0.3 is 15.4 Å². The van der Waals surface area contributed by atoms with E-state index in [-0.39, 0.29) is 0 Å². The Morgan fingerprint density at radius 3 is 2.58 bits per heavy atom. The highest BCUT2D eigenvalue weighted by Crippen LogP contribution is 2.27. The van der Waals surface area contributed by atoms with Crippen molar-refractivity contribution in [3.63, 3.8) is 0 Å². The molecule has 1 atom stereocenters. The van der Waals surface area contributed by atoms with Gasteiger partial charge in [0.05, 0.1) is 13.8 Å². The van der Waals surface area contributed by atoms with E-state index in [0.29, 0.717) is 5.92 Å². The number of nitrogens with one attached hydrogen (secondary N) is 2. The maximum Gasteiger partial charge on any atom is 0.119 e. The molecule has 3 heteroatoms. The molecule has 0 saturated heterocycles. The van der Waals surface area contributed by atoms with Crippen LogP contribution in [-0.4, -0.2) is 13.8 Å². The number of rotatable bonds is 4. The predicted octanol–water partition coefficient (Wildman–Crippen LogP) is 3.52. The fraction of sp³-hybridized carbons (Fsp3) is 0.500. The van der Waals surface area contributed by atoms with Crippen LogP contribution in [0.1, 0.15) is 44.2 Å². The third-order valence-electron chi connectivity index (χ3n) is 3.23. The summed E-state index contributed by atoms with van der Waals surface area (Å²) < 4.78 is 5.23. The highest BCUT2D eigenvalue weighted by molar-refractivity contribution is 5.37. The molecule has 106 valence electrons. The minimum Gasteiger partial charge on any atom is -0.497 e. The summed E-state index contributed by atoms with van der Waals surface area (Å²) in [6.45, 7) is 9.25. The first-order chi connectivity index (χ1) is 9.20. The van der Waals surface area contributed by atoms with E-state index in [4.69, 9.17) is 4.74 Å². The molecule has 0 aromatic heterocycles. The quantitative estimate of drug-likeness (QED) is 0.871. The maximum atomic E-state index is 5.23. The van der Waals surface area contributed by atoms with Gasteiger partial charge in [0.15, 0.2) is 0 Å². The second-order valence-corrected chi connectivity index (χ2v) is 4.55. The number of hydrogen-bond donors (Lipinski definition) is 2. The third-order valence-corrected chi connectivity index (χ3v) is 3.23. The molecule has 1 heterocycles. The lowest BCUT2D eigenvalue weighted by atomic mass is 9.92. The van der Waals surface area contributed by atoms with Crippen molar-refractivity contribution in [1.82, 2.24) is 10.6 Å². The van der Waals surface area contributed by atoms with Crippen LogP contribution < -0.4 is 15.4 Å². The molecule has 0 amide bonds. The lowest BCUT2D eigenvalue weighted by molar-refractivity contribution is 0.414. The molecule has 0 fully saturated rings. The van der Waals surface area contributed by atoms with Gasteiger partial charge in [-0.2, -0.15) is 0 Å². The van der Waals surface area contributed by atoms with Crippen molar-refractivity contribution in [3.8, 4) is 5.75 Å². The number of allylic oxidation sites excluding steroid dienone is 1. The molecule has 0 saturated carbocycles. The minimum absolute atomic E-state index is 0.513. The van der Waals surface area contributed by atoms with E-state index in [9.17, 15) is 0 Å². The first-order valence-electron chi connectivity index (χ1n) is 7.01. The van der Waals surface area contributed by atoms with E-state index in [1.165, 1.54) is 16.8 Å². The molecule has 0 spiro atoms. The van der Waals surface area contributed by atoms with Crippen LogP contribution in [0.4, 0.5) is 0 Å². The molecule has 1 aromatic rings. The van der Waals surface area contributed by atoms with Crippen molar-refractivity contribution in [2.45, 2.75) is 40.0 Å². The smallest absolute Gasteiger partial charge is 0.119 e.